The average Bonchev–Trinajstić information content (AvgIpc) is 3.20. The molecular formula is C16H19NO2. The van der Waals surface area contributed by atoms with E-state index < -0.39 is 0 Å². The van der Waals surface area contributed by atoms with Crippen LogP contribution in [0.25, 0.3) is 0 Å². The van der Waals surface area contributed by atoms with E-state index in [0.717, 1.165) is 37.9 Å². The average molecular weight is 257 g/mol. The summed E-state index contributed by atoms with van der Waals surface area (Å²) in [6, 6.07) is 0.251. The molecule has 0 aromatic rings. The molecule has 3 rings (SSSR count). The van der Waals surface area contributed by atoms with Gasteiger partial charge in [-0.05, 0) is 37.3 Å². The SMILES string of the molecule is O=C(NC1CC1C1=CCCC=C1)OC1=CC=CCC1. The number of ether oxygens (including phenoxy) is 1. The van der Waals surface area contributed by atoms with Gasteiger partial charge in [0.15, 0.2) is 0 Å². The van der Waals surface area contributed by atoms with Crippen molar-refractivity contribution in [3.8, 4) is 0 Å². The van der Waals surface area contributed by atoms with Crippen LogP contribution in [0.15, 0.2) is 47.8 Å². The summed E-state index contributed by atoms with van der Waals surface area (Å²) < 4.78 is 5.30. The molecule has 3 heteroatoms. The van der Waals surface area contributed by atoms with Crippen LogP contribution in [0.2, 0.25) is 0 Å². The molecule has 0 heterocycles. The van der Waals surface area contributed by atoms with E-state index in [1.807, 2.05) is 12.2 Å². The second-order valence-corrected chi connectivity index (χ2v) is 5.27. The van der Waals surface area contributed by atoms with E-state index in [1.165, 1.54) is 5.57 Å². The third-order valence-electron chi connectivity index (χ3n) is 3.74. The molecule has 0 saturated heterocycles. The lowest BCUT2D eigenvalue weighted by molar-refractivity contribution is 0.171. The third kappa shape index (κ3) is 3.16. The molecule has 0 aromatic carbocycles. The summed E-state index contributed by atoms with van der Waals surface area (Å²) in [6.07, 6.45) is 17.3. The monoisotopic (exact) mass is 257 g/mol. The van der Waals surface area contributed by atoms with Gasteiger partial charge < -0.3 is 10.1 Å². The van der Waals surface area contributed by atoms with Crippen LogP contribution in [-0.2, 0) is 4.74 Å². The fourth-order valence-electron chi connectivity index (χ4n) is 2.60. The van der Waals surface area contributed by atoms with E-state index in [1.54, 1.807) is 0 Å². The minimum absolute atomic E-state index is 0.251. The number of carbonyl (C=O) groups excluding carboxylic acids is 1. The smallest absolute Gasteiger partial charge is 0.412 e. The molecule has 0 aromatic heterocycles. The Bertz CT molecular complexity index is 485. The minimum Gasteiger partial charge on any atom is -0.415 e. The largest absolute Gasteiger partial charge is 0.415 e. The summed E-state index contributed by atoms with van der Waals surface area (Å²) in [6.45, 7) is 0. The molecule has 100 valence electrons. The maximum atomic E-state index is 11.8. The minimum atomic E-state index is -0.311. The highest BCUT2D eigenvalue weighted by Crippen LogP contribution is 2.39. The van der Waals surface area contributed by atoms with Crippen molar-refractivity contribution in [2.75, 3.05) is 0 Å². The molecule has 0 radical (unpaired) electrons. The van der Waals surface area contributed by atoms with Gasteiger partial charge in [-0.3, -0.25) is 0 Å². The molecule has 19 heavy (non-hydrogen) atoms. The molecule has 3 aliphatic rings. The molecule has 1 N–H and O–H groups in total. The molecule has 3 nitrogen and oxygen atoms in total. The van der Waals surface area contributed by atoms with Crippen molar-refractivity contribution in [1.82, 2.24) is 5.32 Å². The van der Waals surface area contributed by atoms with Gasteiger partial charge in [0.2, 0.25) is 0 Å². The van der Waals surface area contributed by atoms with Crippen LogP contribution in [0.1, 0.15) is 32.1 Å². The normalized spacial score (nSPS) is 28.4. The van der Waals surface area contributed by atoms with E-state index in [4.69, 9.17) is 4.74 Å². The molecular weight excluding hydrogens is 238 g/mol. The van der Waals surface area contributed by atoms with Gasteiger partial charge in [0, 0.05) is 18.4 Å². The van der Waals surface area contributed by atoms with Gasteiger partial charge in [0.05, 0.1) is 0 Å². The Morgan fingerprint density at radius 1 is 1.26 bits per heavy atom. The number of alkyl carbamates (subject to hydrolysis) is 1. The highest BCUT2D eigenvalue weighted by molar-refractivity contribution is 5.69. The first-order chi connectivity index (χ1) is 9.33. The van der Waals surface area contributed by atoms with E-state index in [2.05, 4.69) is 29.6 Å². The van der Waals surface area contributed by atoms with Crippen molar-refractivity contribution < 1.29 is 9.53 Å². The van der Waals surface area contributed by atoms with Gasteiger partial charge in [0.25, 0.3) is 0 Å². The number of rotatable bonds is 3. The highest BCUT2D eigenvalue weighted by Gasteiger charge is 2.40. The molecule has 1 saturated carbocycles. The Balaban J connectivity index is 1.46. The summed E-state index contributed by atoms with van der Waals surface area (Å²) in [5.74, 6) is 1.25. The fraction of sp³-hybridized carbons (Fsp3) is 0.438. The zero-order valence-corrected chi connectivity index (χ0v) is 11.0. The summed E-state index contributed by atoms with van der Waals surface area (Å²) in [5, 5.41) is 2.95. The number of nitrogens with one attached hydrogen (secondary N) is 1. The van der Waals surface area contributed by atoms with Crippen LogP contribution in [-0.4, -0.2) is 12.1 Å². The topological polar surface area (TPSA) is 38.3 Å². The predicted molar refractivity (Wildman–Crippen MR) is 74.4 cm³/mol. The molecule has 2 unspecified atom stereocenters. The first-order valence-electron chi connectivity index (χ1n) is 7.03. The van der Waals surface area contributed by atoms with Crippen molar-refractivity contribution in [2.45, 2.75) is 38.1 Å². The van der Waals surface area contributed by atoms with Gasteiger partial charge in [0.1, 0.15) is 5.76 Å². The summed E-state index contributed by atoms with van der Waals surface area (Å²) >= 11 is 0. The summed E-state index contributed by atoms with van der Waals surface area (Å²) in [7, 11) is 0. The van der Waals surface area contributed by atoms with Crippen LogP contribution >= 0.6 is 0 Å². The first-order valence-corrected chi connectivity index (χ1v) is 7.03. The number of allylic oxidation sites excluding steroid dienone is 7. The van der Waals surface area contributed by atoms with Crippen molar-refractivity contribution >= 4 is 6.09 Å². The van der Waals surface area contributed by atoms with E-state index >= 15 is 0 Å². The molecule has 0 bridgehead atoms. The van der Waals surface area contributed by atoms with Crippen LogP contribution in [0.5, 0.6) is 0 Å². The first kappa shape index (κ1) is 12.3. The second-order valence-electron chi connectivity index (χ2n) is 5.27. The number of amides is 1. The number of hydrogen-bond acceptors (Lipinski definition) is 2. The second kappa shape index (κ2) is 5.47. The van der Waals surface area contributed by atoms with Crippen molar-refractivity contribution in [3.05, 3.63) is 47.8 Å². The maximum absolute atomic E-state index is 11.8. The summed E-state index contributed by atoms with van der Waals surface area (Å²) in [5.41, 5.74) is 1.37. The Morgan fingerprint density at radius 3 is 2.95 bits per heavy atom. The van der Waals surface area contributed by atoms with Crippen molar-refractivity contribution in [1.29, 1.82) is 0 Å². The quantitative estimate of drug-likeness (QED) is 0.838. The molecule has 0 aliphatic heterocycles. The summed E-state index contributed by atoms with van der Waals surface area (Å²) in [4.78, 5) is 11.8. The lowest BCUT2D eigenvalue weighted by Crippen LogP contribution is -2.27. The Hall–Kier alpha value is -1.77. The van der Waals surface area contributed by atoms with E-state index in [-0.39, 0.29) is 12.1 Å². The predicted octanol–water partition coefficient (Wildman–Crippen LogP) is 3.61. The van der Waals surface area contributed by atoms with E-state index in [9.17, 15) is 4.79 Å². The Labute approximate surface area is 113 Å². The molecule has 1 fully saturated rings. The zero-order chi connectivity index (χ0) is 13.1. The van der Waals surface area contributed by atoms with Gasteiger partial charge in [-0.2, -0.15) is 0 Å². The lowest BCUT2D eigenvalue weighted by atomic mass is 10.0. The van der Waals surface area contributed by atoms with Gasteiger partial charge >= 0.3 is 6.09 Å². The third-order valence-corrected chi connectivity index (χ3v) is 3.74. The van der Waals surface area contributed by atoms with Gasteiger partial charge in [-0.25, -0.2) is 4.79 Å². The van der Waals surface area contributed by atoms with Gasteiger partial charge in [-0.1, -0.05) is 30.4 Å². The van der Waals surface area contributed by atoms with Crippen LogP contribution < -0.4 is 5.32 Å². The number of hydrogen-bond donors (Lipinski definition) is 1. The van der Waals surface area contributed by atoms with E-state index in [0.29, 0.717) is 5.92 Å². The van der Waals surface area contributed by atoms with Crippen molar-refractivity contribution in [2.24, 2.45) is 5.92 Å². The zero-order valence-electron chi connectivity index (χ0n) is 11.0. The molecule has 1 amide bonds. The highest BCUT2D eigenvalue weighted by atomic mass is 16.6. The van der Waals surface area contributed by atoms with Crippen LogP contribution in [0.4, 0.5) is 4.79 Å². The molecule has 2 atom stereocenters. The lowest BCUT2D eigenvalue weighted by Gasteiger charge is -2.11. The molecule has 0 spiro atoms. The fourth-order valence-corrected chi connectivity index (χ4v) is 2.60. The molecule has 3 aliphatic carbocycles. The van der Waals surface area contributed by atoms with Crippen LogP contribution in [0.3, 0.4) is 0 Å². The maximum Gasteiger partial charge on any atom is 0.412 e. The van der Waals surface area contributed by atoms with Crippen LogP contribution in [0, 0.1) is 5.92 Å². The Kier molecular flexibility index (Phi) is 3.53. The number of carbonyl (C=O) groups is 1. The Morgan fingerprint density at radius 2 is 2.21 bits per heavy atom. The standard InChI is InChI=1S/C16H19NO2/c18-16(19-13-9-5-2-6-10-13)17-15-11-14(15)12-7-3-1-4-8-12/h2-3,5,7-9,14-15H,1,4,6,10-11H2,(H,17,18). The van der Waals surface area contributed by atoms with Gasteiger partial charge in [-0.15, -0.1) is 0 Å². The van der Waals surface area contributed by atoms with Crippen molar-refractivity contribution in [3.63, 3.8) is 0 Å².